The fourth-order valence-corrected chi connectivity index (χ4v) is 0.644. The van der Waals surface area contributed by atoms with E-state index < -0.39 is 0 Å². The Morgan fingerprint density at radius 3 is 2.50 bits per heavy atom. The van der Waals surface area contributed by atoms with Gasteiger partial charge in [0.15, 0.2) is 0 Å². The third-order valence-corrected chi connectivity index (χ3v) is 1.02. The van der Waals surface area contributed by atoms with E-state index in [9.17, 15) is 0 Å². The summed E-state index contributed by atoms with van der Waals surface area (Å²) < 4.78 is 0. The van der Waals surface area contributed by atoms with Crippen molar-refractivity contribution in [3.05, 3.63) is 18.0 Å². The molecule has 0 aliphatic heterocycles. The first-order valence-corrected chi connectivity index (χ1v) is 3.04. The SMILES string of the molecule is CCCc1c[c-]n[nH]1.OO.[U].[W]. The number of hydrogen-bond acceptors (Lipinski definition) is 3. The van der Waals surface area contributed by atoms with Gasteiger partial charge in [0.2, 0.25) is 0 Å². The number of H-pyrrole nitrogens is 1. The summed E-state index contributed by atoms with van der Waals surface area (Å²) in [6, 6.07) is 1.88. The Morgan fingerprint density at radius 1 is 1.58 bits per heavy atom. The van der Waals surface area contributed by atoms with Crippen LogP contribution in [0, 0.1) is 37.3 Å². The van der Waals surface area contributed by atoms with Crippen LogP contribution in [0.1, 0.15) is 19.0 Å². The first-order chi connectivity index (χ1) is 4.93. The Labute approximate surface area is 110 Å². The second-order valence-corrected chi connectivity index (χ2v) is 1.77. The van der Waals surface area contributed by atoms with Crippen molar-refractivity contribution >= 4 is 0 Å². The van der Waals surface area contributed by atoms with Gasteiger partial charge in [0.05, 0.1) is 0 Å². The number of aromatic amines is 1. The van der Waals surface area contributed by atoms with Crippen LogP contribution in [0.3, 0.4) is 0 Å². The van der Waals surface area contributed by atoms with Crippen molar-refractivity contribution in [3.8, 4) is 0 Å². The van der Waals surface area contributed by atoms with Gasteiger partial charge in [-0.15, -0.1) is 11.9 Å². The summed E-state index contributed by atoms with van der Waals surface area (Å²) >= 11 is 0. The van der Waals surface area contributed by atoms with Crippen LogP contribution in [0.15, 0.2) is 6.07 Å². The summed E-state index contributed by atoms with van der Waals surface area (Å²) in [5.41, 5.74) is 1.17. The standard InChI is InChI=1S/C6H9N2.H2O2.U.W/c1-2-3-6-4-5-7-8-6;1-2;;/h4H,2-3H2,1H3,(H,7,8);1-2H;;/q-1;;;. The Morgan fingerprint density at radius 2 is 2.17 bits per heavy atom. The smallest absolute Gasteiger partial charge is 0 e. The molecule has 0 atom stereocenters. The van der Waals surface area contributed by atoms with Crippen LogP contribution in [-0.4, -0.2) is 20.7 Å². The Balaban J connectivity index is -0.000000189. The van der Waals surface area contributed by atoms with Crippen LogP contribution in [0.2, 0.25) is 0 Å². The molecule has 0 aliphatic carbocycles. The molecule has 6 heteroatoms. The molecule has 0 aromatic carbocycles. The molecular formula is C6H11N2O2UW-. The minimum atomic E-state index is 0. The Kier molecular flexibility index (Phi) is 22.3. The maximum atomic E-state index is 6.00. The maximum absolute atomic E-state index is 6.00. The van der Waals surface area contributed by atoms with Crippen LogP contribution in [0.25, 0.3) is 0 Å². The number of rotatable bonds is 2. The minimum absolute atomic E-state index is 0. The quantitative estimate of drug-likeness (QED) is 0.287. The van der Waals surface area contributed by atoms with Gasteiger partial charge in [-0.1, -0.05) is 19.8 Å². The van der Waals surface area contributed by atoms with Crippen molar-refractivity contribution < 1.29 is 62.7 Å². The van der Waals surface area contributed by atoms with Gasteiger partial charge in [0, 0.05) is 52.2 Å². The molecular weight excluding hydrogens is 554 g/mol. The summed E-state index contributed by atoms with van der Waals surface area (Å²) in [7, 11) is 0. The molecule has 0 spiro atoms. The van der Waals surface area contributed by atoms with Crippen molar-refractivity contribution in [2.24, 2.45) is 0 Å². The summed E-state index contributed by atoms with van der Waals surface area (Å²) in [5.74, 6) is 0. The first kappa shape index (κ1) is 18.6. The average molecular weight is 565 g/mol. The molecule has 0 radical (unpaired) electrons. The van der Waals surface area contributed by atoms with Gasteiger partial charge in [-0.2, -0.15) is 6.07 Å². The van der Waals surface area contributed by atoms with E-state index in [4.69, 9.17) is 10.5 Å². The number of nitrogens with one attached hydrogen (secondary N) is 1. The number of aryl methyl sites for hydroxylation is 1. The number of nitrogens with zero attached hydrogens (tertiary/aromatic N) is 1. The van der Waals surface area contributed by atoms with E-state index in [1.54, 1.807) is 0 Å². The third kappa shape index (κ3) is 8.96. The zero-order valence-corrected chi connectivity index (χ0v) is 13.8. The van der Waals surface area contributed by atoms with Crippen molar-refractivity contribution in [1.82, 2.24) is 10.2 Å². The predicted octanol–water partition coefficient (Wildman–Crippen LogP) is 1.18. The summed E-state index contributed by atoms with van der Waals surface area (Å²) in [6.07, 6.45) is 4.95. The molecule has 3 N–H and O–H groups in total. The molecule has 0 fully saturated rings. The van der Waals surface area contributed by atoms with Crippen molar-refractivity contribution in [2.45, 2.75) is 19.8 Å². The molecule has 0 saturated carbocycles. The molecule has 0 unspecified atom stereocenters. The van der Waals surface area contributed by atoms with Gasteiger partial charge < -0.3 is 10.2 Å². The monoisotopic (exact) mass is 565 g/mol. The van der Waals surface area contributed by atoms with E-state index in [2.05, 4.69) is 23.3 Å². The molecule has 0 aliphatic rings. The van der Waals surface area contributed by atoms with E-state index in [-0.39, 0.29) is 52.2 Å². The van der Waals surface area contributed by atoms with Crippen LogP contribution in [0.5, 0.6) is 0 Å². The van der Waals surface area contributed by atoms with Crippen LogP contribution in [0.4, 0.5) is 0 Å². The second-order valence-electron chi connectivity index (χ2n) is 1.77. The van der Waals surface area contributed by atoms with Gasteiger partial charge >= 0.3 is 0 Å². The number of aromatic nitrogens is 2. The molecule has 1 aromatic rings. The van der Waals surface area contributed by atoms with E-state index in [0.29, 0.717) is 0 Å². The summed E-state index contributed by atoms with van der Waals surface area (Å²) in [6.45, 7) is 2.14. The van der Waals surface area contributed by atoms with Gasteiger partial charge in [-0.05, 0) is 0 Å². The fourth-order valence-electron chi connectivity index (χ4n) is 0.644. The maximum Gasteiger partial charge on any atom is 0 e. The average Bonchev–Trinajstić information content (AvgIpc) is 2.46. The van der Waals surface area contributed by atoms with E-state index in [1.165, 1.54) is 5.69 Å². The van der Waals surface area contributed by atoms with Gasteiger partial charge in [-0.25, -0.2) is 0 Å². The molecule has 1 heterocycles. The normalized spacial score (nSPS) is 6.92. The molecule has 0 amide bonds. The minimum Gasteiger partial charge on any atom is -0.379 e. The molecule has 1 aromatic heterocycles. The molecule has 68 valence electrons. The zero-order chi connectivity index (χ0) is 7.82. The first-order valence-electron chi connectivity index (χ1n) is 3.04. The second kappa shape index (κ2) is 14.4. The molecule has 0 saturated heterocycles. The Hall–Kier alpha value is 0.870. The topological polar surface area (TPSA) is 69.1 Å². The largest absolute Gasteiger partial charge is 0.379 e. The molecule has 4 nitrogen and oxygen atoms in total. The van der Waals surface area contributed by atoms with E-state index >= 15 is 0 Å². The zero-order valence-electron chi connectivity index (χ0n) is 6.74. The third-order valence-electron chi connectivity index (χ3n) is 1.02. The van der Waals surface area contributed by atoms with Crippen LogP contribution < -0.4 is 0 Å². The van der Waals surface area contributed by atoms with Gasteiger partial charge in [-0.3, -0.25) is 10.5 Å². The van der Waals surface area contributed by atoms with E-state index in [1.807, 2.05) is 6.07 Å². The van der Waals surface area contributed by atoms with Crippen molar-refractivity contribution in [3.63, 3.8) is 0 Å². The fraction of sp³-hybridized carbons (Fsp3) is 0.500. The van der Waals surface area contributed by atoms with Crippen molar-refractivity contribution in [2.75, 3.05) is 0 Å². The molecule has 12 heavy (non-hydrogen) atoms. The van der Waals surface area contributed by atoms with Crippen molar-refractivity contribution in [1.29, 1.82) is 0 Å². The van der Waals surface area contributed by atoms with Crippen LogP contribution in [-0.2, 0) is 27.5 Å². The van der Waals surface area contributed by atoms with Crippen LogP contribution >= 0.6 is 0 Å². The summed E-state index contributed by atoms with van der Waals surface area (Å²) in [4.78, 5) is 0. The summed E-state index contributed by atoms with van der Waals surface area (Å²) in [5, 5.41) is 18.5. The molecule has 0 bridgehead atoms. The number of hydrogen-bond donors (Lipinski definition) is 3. The molecule has 1 rings (SSSR count). The Bertz CT molecular complexity index is 149. The predicted molar refractivity (Wildman–Crippen MR) is 36.7 cm³/mol. The van der Waals surface area contributed by atoms with Gasteiger partial charge in [0.1, 0.15) is 0 Å². The van der Waals surface area contributed by atoms with Gasteiger partial charge in [0.25, 0.3) is 0 Å². The van der Waals surface area contributed by atoms with E-state index in [0.717, 1.165) is 12.8 Å².